The quantitative estimate of drug-likeness (QED) is 0.596. The summed E-state index contributed by atoms with van der Waals surface area (Å²) in [6.45, 7) is 3.63. The van der Waals surface area contributed by atoms with E-state index in [1.165, 1.54) is 0 Å². The van der Waals surface area contributed by atoms with Gasteiger partial charge in [-0.3, -0.25) is 4.79 Å². The highest BCUT2D eigenvalue weighted by Crippen LogP contribution is 2.25. The Hall–Kier alpha value is -3.41. The number of hydrogen-bond donors (Lipinski definition) is 1. The highest BCUT2D eigenvalue weighted by atomic mass is 16.5. The summed E-state index contributed by atoms with van der Waals surface area (Å²) in [6.07, 6.45) is 0.230. The van der Waals surface area contributed by atoms with Crippen LogP contribution in [0.4, 0.5) is 5.69 Å². The van der Waals surface area contributed by atoms with Crippen LogP contribution in [0.1, 0.15) is 17.0 Å². The average molecular weight is 347 g/mol. The molecule has 0 unspecified atom stereocenters. The molecule has 0 bridgehead atoms. The van der Waals surface area contributed by atoms with Gasteiger partial charge < -0.3 is 14.3 Å². The lowest BCUT2D eigenvalue weighted by Gasteiger charge is -2.05. The van der Waals surface area contributed by atoms with E-state index in [2.05, 4.69) is 15.5 Å². The Morgan fingerprint density at radius 3 is 2.54 bits per heavy atom. The molecule has 0 atom stereocenters. The Bertz CT molecular complexity index is 1020. The van der Waals surface area contributed by atoms with Gasteiger partial charge in [-0.05, 0) is 50.2 Å². The molecular formula is C20H17N3O3. The number of nitrogens with one attached hydrogen (secondary N) is 1. The smallest absolute Gasteiger partial charge is 0.228 e. The molecular weight excluding hydrogens is 330 g/mol. The van der Waals surface area contributed by atoms with E-state index >= 15 is 0 Å². The summed E-state index contributed by atoms with van der Waals surface area (Å²) in [5.74, 6) is 1.11. The zero-order valence-corrected chi connectivity index (χ0v) is 14.4. The maximum absolute atomic E-state index is 12.2. The number of aromatic nitrogens is 2. The van der Waals surface area contributed by atoms with Crippen LogP contribution in [0.3, 0.4) is 0 Å². The van der Waals surface area contributed by atoms with E-state index in [9.17, 15) is 4.79 Å². The van der Waals surface area contributed by atoms with E-state index in [0.29, 0.717) is 17.3 Å². The molecule has 130 valence electrons. The number of aryl methyl sites for hydroxylation is 2. The lowest BCUT2D eigenvalue weighted by molar-refractivity contribution is -0.115. The third-order valence-corrected chi connectivity index (χ3v) is 4.23. The fourth-order valence-corrected chi connectivity index (χ4v) is 2.81. The summed E-state index contributed by atoms with van der Waals surface area (Å²) in [4.78, 5) is 16.7. The number of oxazole rings is 1. The van der Waals surface area contributed by atoms with Crippen molar-refractivity contribution in [2.24, 2.45) is 0 Å². The summed E-state index contributed by atoms with van der Waals surface area (Å²) >= 11 is 0. The zero-order chi connectivity index (χ0) is 18.1. The van der Waals surface area contributed by atoms with Crippen molar-refractivity contribution in [1.82, 2.24) is 10.1 Å². The van der Waals surface area contributed by atoms with Gasteiger partial charge in [0, 0.05) is 16.8 Å². The first-order valence-corrected chi connectivity index (χ1v) is 8.28. The first kappa shape index (κ1) is 16.1. The number of amides is 1. The first-order chi connectivity index (χ1) is 12.6. The van der Waals surface area contributed by atoms with Crippen LogP contribution >= 0.6 is 0 Å². The van der Waals surface area contributed by atoms with Gasteiger partial charge >= 0.3 is 0 Å². The number of rotatable bonds is 4. The first-order valence-electron chi connectivity index (χ1n) is 8.28. The summed E-state index contributed by atoms with van der Waals surface area (Å²) in [6, 6.07) is 15.0. The van der Waals surface area contributed by atoms with Crippen molar-refractivity contribution in [3.63, 3.8) is 0 Å². The normalized spacial score (nSPS) is 11.0. The molecule has 1 N–H and O–H groups in total. The molecule has 0 radical (unpaired) electrons. The predicted octanol–water partition coefficient (Wildman–Crippen LogP) is 4.28. The lowest BCUT2D eigenvalue weighted by atomic mass is 10.1. The number of fused-ring (bicyclic) bond motifs is 1. The molecule has 2 heterocycles. The van der Waals surface area contributed by atoms with Crippen LogP contribution in [0.15, 0.2) is 57.5 Å². The zero-order valence-electron chi connectivity index (χ0n) is 14.4. The second-order valence-corrected chi connectivity index (χ2v) is 6.09. The van der Waals surface area contributed by atoms with Gasteiger partial charge in [-0.15, -0.1) is 0 Å². The van der Waals surface area contributed by atoms with Gasteiger partial charge in [-0.2, -0.15) is 0 Å². The van der Waals surface area contributed by atoms with Crippen LogP contribution < -0.4 is 5.32 Å². The Balaban J connectivity index is 1.48. The van der Waals surface area contributed by atoms with Crippen LogP contribution in [0.5, 0.6) is 0 Å². The standard InChI is InChI=1S/C20H17N3O3/c1-12-16(13(2)26-23-12)11-19(24)21-15-9-7-14(8-10-15)20-22-17-5-3-4-6-18(17)25-20/h3-10H,11H2,1-2H3,(H,21,24). The summed E-state index contributed by atoms with van der Waals surface area (Å²) in [5, 5.41) is 6.75. The minimum atomic E-state index is -0.117. The molecule has 0 aliphatic carbocycles. The number of carbonyl (C=O) groups is 1. The van der Waals surface area contributed by atoms with Gasteiger partial charge in [-0.1, -0.05) is 17.3 Å². The van der Waals surface area contributed by atoms with Crippen molar-refractivity contribution in [2.75, 3.05) is 5.32 Å². The number of hydrogen-bond acceptors (Lipinski definition) is 5. The van der Waals surface area contributed by atoms with E-state index in [1.54, 1.807) is 6.92 Å². The highest BCUT2D eigenvalue weighted by molar-refractivity contribution is 5.92. The van der Waals surface area contributed by atoms with E-state index in [0.717, 1.165) is 27.9 Å². The number of anilines is 1. The minimum absolute atomic E-state index is 0.117. The fourth-order valence-electron chi connectivity index (χ4n) is 2.81. The van der Waals surface area contributed by atoms with Gasteiger partial charge in [0.05, 0.1) is 12.1 Å². The lowest BCUT2D eigenvalue weighted by Crippen LogP contribution is -2.15. The molecule has 1 amide bonds. The molecule has 2 aromatic carbocycles. The summed E-state index contributed by atoms with van der Waals surface area (Å²) in [5.41, 5.74) is 4.69. The van der Waals surface area contributed by atoms with Crippen LogP contribution in [0.2, 0.25) is 0 Å². The van der Waals surface area contributed by atoms with E-state index < -0.39 is 0 Å². The van der Waals surface area contributed by atoms with E-state index in [-0.39, 0.29) is 12.3 Å². The molecule has 0 fully saturated rings. The number of benzene rings is 2. The van der Waals surface area contributed by atoms with Gasteiger partial charge in [-0.25, -0.2) is 4.98 Å². The molecule has 26 heavy (non-hydrogen) atoms. The topological polar surface area (TPSA) is 81.2 Å². The van der Waals surface area contributed by atoms with E-state index in [4.69, 9.17) is 8.94 Å². The molecule has 6 nitrogen and oxygen atoms in total. The maximum atomic E-state index is 12.2. The van der Waals surface area contributed by atoms with Crippen LogP contribution in [0, 0.1) is 13.8 Å². The minimum Gasteiger partial charge on any atom is -0.436 e. The molecule has 2 aromatic heterocycles. The Morgan fingerprint density at radius 2 is 1.85 bits per heavy atom. The van der Waals surface area contributed by atoms with Gasteiger partial charge in [0.15, 0.2) is 5.58 Å². The van der Waals surface area contributed by atoms with Crippen molar-refractivity contribution in [2.45, 2.75) is 20.3 Å². The molecule has 6 heteroatoms. The van der Waals surface area contributed by atoms with Gasteiger partial charge in [0.1, 0.15) is 11.3 Å². The molecule has 0 aliphatic heterocycles. The highest BCUT2D eigenvalue weighted by Gasteiger charge is 2.14. The largest absolute Gasteiger partial charge is 0.436 e. The van der Waals surface area contributed by atoms with Crippen LogP contribution in [-0.4, -0.2) is 16.0 Å². The number of nitrogens with zero attached hydrogens (tertiary/aromatic N) is 2. The van der Waals surface area contributed by atoms with Crippen LogP contribution in [-0.2, 0) is 11.2 Å². The Kier molecular flexibility index (Phi) is 4.01. The third kappa shape index (κ3) is 3.09. The Morgan fingerprint density at radius 1 is 1.08 bits per heavy atom. The summed E-state index contributed by atoms with van der Waals surface area (Å²) in [7, 11) is 0. The number of carbonyl (C=O) groups excluding carboxylic acids is 1. The van der Waals surface area contributed by atoms with Crippen molar-refractivity contribution < 1.29 is 13.7 Å². The second-order valence-electron chi connectivity index (χ2n) is 6.09. The monoisotopic (exact) mass is 347 g/mol. The third-order valence-electron chi connectivity index (χ3n) is 4.23. The van der Waals surface area contributed by atoms with Crippen molar-refractivity contribution in [1.29, 1.82) is 0 Å². The molecule has 4 rings (SSSR count). The molecule has 0 aliphatic rings. The molecule has 4 aromatic rings. The van der Waals surface area contributed by atoms with Crippen molar-refractivity contribution in [3.8, 4) is 11.5 Å². The number of para-hydroxylation sites is 2. The molecule has 0 saturated heterocycles. The predicted molar refractivity (Wildman–Crippen MR) is 97.8 cm³/mol. The second kappa shape index (κ2) is 6.48. The Labute approximate surface area is 149 Å². The summed E-state index contributed by atoms with van der Waals surface area (Å²) < 4.78 is 10.8. The van der Waals surface area contributed by atoms with Crippen molar-refractivity contribution in [3.05, 3.63) is 65.5 Å². The molecule has 0 saturated carbocycles. The fraction of sp³-hybridized carbons (Fsp3) is 0.150. The SMILES string of the molecule is Cc1noc(C)c1CC(=O)Nc1ccc(-c2nc3ccccc3o2)cc1. The maximum Gasteiger partial charge on any atom is 0.228 e. The average Bonchev–Trinajstić information content (AvgIpc) is 3.21. The van der Waals surface area contributed by atoms with Gasteiger partial charge in [0.25, 0.3) is 0 Å². The van der Waals surface area contributed by atoms with E-state index in [1.807, 2.05) is 55.5 Å². The molecule has 0 spiro atoms. The van der Waals surface area contributed by atoms with Crippen molar-refractivity contribution >= 4 is 22.7 Å². The van der Waals surface area contributed by atoms with Crippen LogP contribution in [0.25, 0.3) is 22.6 Å². The van der Waals surface area contributed by atoms with Gasteiger partial charge in [0.2, 0.25) is 11.8 Å².